The van der Waals surface area contributed by atoms with Gasteiger partial charge in [0.05, 0.1) is 6.21 Å². The highest BCUT2D eigenvalue weighted by Crippen LogP contribution is 2.28. The highest BCUT2D eigenvalue weighted by atomic mass is 32.2. The molecule has 0 spiro atoms. The first kappa shape index (κ1) is 16.3. The van der Waals surface area contributed by atoms with E-state index in [2.05, 4.69) is 10.4 Å². The van der Waals surface area contributed by atoms with Crippen LogP contribution in [-0.4, -0.2) is 29.4 Å². The Balaban J connectivity index is 1.83. The molecule has 0 aromatic heterocycles. The maximum Gasteiger partial charge on any atom is 0.346 e. The van der Waals surface area contributed by atoms with Crippen molar-refractivity contribution >= 4 is 29.9 Å². The van der Waals surface area contributed by atoms with E-state index in [9.17, 15) is 9.59 Å². The van der Waals surface area contributed by atoms with Gasteiger partial charge in [-0.15, -0.1) is 16.8 Å². The van der Waals surface area contributed by atoms with Crippen molar-refractivity contribution in [2.75, 3.05) is 6.26 Å². The summed E-state index contributed by atoms with van der Waals surface area (Å²) in [4.78, 5) is 26.0. The zero-order chi connectivity index (χ0) is 17.2. The van der Waals surface area contributed by atoms with Gasteiger partial charge in [0.25, 0.3) is 5.91 Å². The van der Waals surface area contributed by atoms with Gasteiger partial charge in [0.1, 0.15) is 5.54 Å². The van der Waals surface area contributed by atoms with Gasteiger partial charge in [-0.2, -0.15) is 5.10 Å². The third-order valence-electron chi connectivity index (χ3n) is 3.96. The quantitative estimate of drug-likeness (QED) is 0.528. The van der Waals surface area contributed by atoms with Crippen LogP contribution in [0.1, 0.15) is 18.1 Å². The van der Waals surface area contributed by atoms with Gasteiger partial charge in [-0.25, -0.2) is 4.79 Å². The van der Waals surface area contributed by atoms with Crippen molar-refractivity contribution in [3.63, 3.8) is 0 Å². The second kappa shape index (κ2) is 6.49. The third kappa shape index (κ3) is 2.92. The van der Waals surface area contributed by atoms with Crippen LogP contribution in [0.4, 0.5) is 4.79 Å². The minimum atomic E-state index is -1.10. The summed E-state index contributed by atoms with van der Waals surface area (Å²) in [5.41, 5.74) is 0.449. The molecule has 1 aliphatic heterocycles. The predicted molar refractivity (Wildman–Crippen MR) is 95.0 cm³/mol. The molecule has 0 unspecified atom stereocenters. The van der Waals surface area contributed by atoms with Gasteiger partial charge < -0.3 is 5.32 Å². The molecule has 24 heavy (non-hydrogen) atoms. The molecule has 1 N–H and O–H groups in total. The molecule has 2 aromatic rings. The zero-order valence-electron chi connectivity index (χ0n) is 13.4. The number of rotatable bonds is 4. The fourth-order valence-corrected chi connectivity index (χ4v) is 2.92. The van der Waals surface area contributed by atoms with E-state index in [0.717, 1.165) is 21.0 Å². The lowest BCUT2D eigenvalue weighted by molar-refractivity contribution is -0.131. The van der Waals surface area contributed by atoms with Gasteiger partial charge in [-0.05, 0) is 36.4 Å². The molecule has 1 heterocycles. The molecular weight excluding hydrogens is 322 g/mol. The van der Waals surface area contributed by atoms with Crippen LogP contribution in [0.3, 0.4) is 0 Å². The lowest BCUT2D eigenvalue weighted by Gasteiger charge is -2.20. The molecule has 6 heteroatoms. The number of thioether (sulfide) groups is 1. The summed E-state index contributed by atoms with van der Waals surface area (Å²) in [5, 5.41) is 7.68. The Kier molecular flexibility index (Phi) is 4.40. The molecule has 1 atom stereocenters. The number of nitrogens with one attached hydrogen (secondary N) is 1. The number of carbonyl (C=O) groups excluding carboxylic acids is 2. The van der Waals surface area contributed by atoms with E-state index in [1.807, 2.05) is 60.9 Å². The zero-order valence-corrected chi connectivity index (χ0v) is 14.2. The van der Waals surface area contributed by atoms with E-state index in [1.54, 1.807) is 18.7 Å². The molecule has 2 aromatic carbocycles. The van der Waals surface area contributed by atoms with Crippen LogP contribution >= 0.6 is 11.8 Å². The lowest BCUT2D eigenvalue weighted by Crippen LogP contribution is -2.40. The first-order valence-electron chi connectivity index (χ1n) is 7.45. The van der Waals surface area contributed by atoms with Crippen LogP contribution in [0.25, 0.3) is 0 Å². The highest BCUT2D eigenvalue weighted by Gasteiger charge is 2.49. The summed E-state index contributed by atoms with van der Waals surface area (Å²) in [7, 11) is 0. The lowest BCUT2D eigenvalue weighted by atomic mass is 9.92. The second-order valence-corrected chi connectivity index (χ2v) is 6.44. The van der Waals surface area contributed by atoms with Crippen LogP contribution in [0.15, 0.2) is 64.6 Å². The molecular formula is C18H17N3O2S. The largest absolute Gasteiger partial charge is 0.346 e. The average Bonchev–Trinajstić information content (AvgIpc) is 2.84. The fraction of sp³-hybridized carbons (Fsp3) is 0.167. The number of nitrogens with zero attached hydrogens (tertiary/aromatic N) is 2. The van der Waals surface area contributed by atoms with Gasteiger partial charge in [0.2, 0.25) is 0 Å². The minimum absolute atomic E-state index is 0.393. The summed E-state index contributed by atoms with van der Waals surface area (Å²) in [5.74, 6) is -0.393. The molecule has 0 aliphatic carbocycles. The van der Waals surface area contributed by atoms with E-state index in [4.69, 9.17) is 0 Å². The number of benzene rings is 2. The SMILES string of the molecule is CSc1ccc(/C=N\N2C(=O)N[C@@](C)(c3ccccc3)C2=O)cc1. The van der Waals surface area contributed by atoms with E-state index < -0.39 is 17.5 Å². The molecule has 1 fully saturated rings. The second-order valence-electron chi connectivity index (χ2n) is 5.56. The summed E-state index contributed by atoms with van der Waals surface area (Å²) in [6, 6.07) is 16.3. The van der Waals surface area contributed by atoms with Crippen LogP contribution < -0.4 is 5.32 Å². The molecule has 0 radical (unpaired) electrons. The summed E-state index contributed by atoms with van der Waals surface area (Å²) < 4.78 is 0. The van der Waals surface area contributed by atoms with Crippen molar-refractivity contribution in [1.82, 2.24) is 10.3 Å². The number of carbonyl (C=O) groups is 2. The van der Waals surface area contributed by atoms with Crippen molar-refractivity contribution in [2.24, 2.45) is 5.10 Å². The molecule has 122 valence electrons. The standard InChI is InChI=1S/C18H17N3O2S/c1-18(14-6-4-3-5-7-14)16(22)21(17(23)20-18)19-12-13-8-10-15(24-2)11-9-13/h3-12H,1-2H3,(H,20,23)/b19-12-/t18-/m0/s1. The predicted octanol–water partition coefficient (Wildman–Crippen LogP) is 3.21. The van der Waals surface area contributed by atoms with Crippen LogP contribution in [-0.2, 0) is 10.3 Å². The number of hydrazone groups is 1. The number of hydrogen-bond donors (Lipinski definition) is 1. The van der Waals surface area contributed by atoms with Crippen LogP contribution in [0, 0.1) is 0 Å². The maximum atomic E-state index is 12.7. The monoisotopic (exact) mass is 339 g/mol. The van der Waals surface area contributed by atoms with Gasteiger partial charge in [-0.3, -0.25) is 4.79 Å². The number of urea groups is 1. The fourth-order valence-electron chi connectivity index (χ4n) is 2.51. The van der Waals surface area contributed by atoms with E-state index >= 15 is 0 Å². The minimum Gasteiger partial charge on any atom is -0.318 e. The molecule has 0 saturated carbocycles. The molecule has 0 bridgehead atoms. The Morgan fingerprint density at radius 1 is 1.08 bits per heavy atom. The topological polar surface area (TPSA) is 61.8 Å². The maximum absolute atomic E-state index is 12.7. The van der Waals surface area contributed by atoms with Crippen molar-refractivity contribution in [3.05, 3.63) is 65.7 Å². The first-order chi connectivity index (χ1) is 11.5. The first-order valence-corrected chi connectivity index (χ1v) is 8.67. The van der Waals surface area contributed by atoms with E-state index in [-0.39, 0.29) is 0 Å². The van der Waals surface area contributed by atoms with Gasteiger partial charge in [-0.1, -0.05) is 42.5 Å². The average molecular weight is 339 g/mol. The molecule has 1 saturated heterocycles. The number of imide groups is 1. The van der Waals surface area contributed by atoms with Crippen molar-refractivity contribution in [2.45, 2.75) is 17.4 Å². The smallest absolute Gasteiger partial charge is 0.318 e. The molecule has 5 nitrogen and oxygen atoms in total. The van der Waals surface area contributed by atoms with Crippen LogP contribution in [0.2, 0.25) is 0 Å². The third-order valence-corrected chi connectivity index (χ3v) is 4.70. The van der Waals surface area contributed by atoms with E-state index in [0.29, 0.717) is 0 Å². The highest BCUT2D eigenvalue weighted by molar-refractivity contribution is 7.98. The Labute approximate surface area is 144 Å². The van der Waals surface area contributed by atoms with Crippen molar-refractivity contribution < 1.29 is 9.59 Å². The van der Waals surface area contributed by atoms with E-state index in [1.165, 1.54) is 6.21 Å². The Bertz CT molecular complexity index is 790. The van der Waals surface area contributed by atoms with Crippen LogP contribution in [0.5, 0.6) is 0 Å². The van der Waals surface area contributed by atoms with Gasteiger partial charge in [0.15, 0.2) is 0 Å². The number of amides is 3. The normalized spacial score (nSPS) is 20.7. The summed E-state index contributed by atoms with van der Waals surface area (Å²) in [6.45, 7) is 1.69. The Morgan fingerprint density at radius 2 is 1.75 bits per heavy atom. The van der Waals surface area contributed by atoms with Crippen molar-refractivity contribution in [1.29, 1.82) is 0 Å². The van der Waals surface area contributed by atoms with Gasteiger partial charge in [0, 0.05) is 4.90 Å². The molecule has 3 amide bonds. The Hall–Kier alpha value is -2.60. The van der Waals surface area contributed by atoms with Crippen molar-refractivity contribution in [3.8, 4) is 0 Å². The van der Waals surface area contributed by atoms with Gasteiger partial charge >= 0.3 is 6.03 Å². The molecule has 3 rings (SSSR count). The number of hydrogen-bond acceptors (Lipinski definition) is 4. The molecule has 1 aliphatic rings. The summed E-state index contributed by atoms with van der Waals surface area (Å²) in [6.07, 6.45) is 3.51. The summed E-state index contributed by atoms with van der Waals surface area (Å²) >= 11 is 1.65. The Morgan fingerprint density at radius 3 is 2.38 bits per heavy atom.